The molecule has 0 unspecified atom stereocenters. The third kappa shape index (κ3) is 3.58. The molecule has 0 bridgehead atoms. The fraction of sp³-hybridized carbons (Fsp3) is 0.471. The molecule has 0 saturated carbocycles. The van der Waals surface area contributed by atoms with Gasteiger partial charge in [-0.05, 0) is 25.0 Å². The normalized spacial score (nSPS) is 24.8. The molecule has 2 fully saturated rings. The molecule has 2 saturated heterocycles. The quantitative estimate of drug-likeness (QED) is 0.469. The van der Waals surface area contributed by atoms with Crippen LogP contribution in [0.25, 0.3) is 11.0 Å². The van der Waals surface area contributed by atoms with Crippen molar-refractivity contribution in [3.8, 4) is 0 Å². The molecule has 8 heteroatoms. The minimum atomic E-state index is -0.0505. The van der Waals surface area contributed by atoms with E-state index in [0.717, 1.165) is 36.0 Å². The Labute approximate surface area is 149 Å². The smallest absolute Gasteiger partial charge is 0.315 e. The number of para-hydroxylation sites is 2. The molecule has 1 aromatic heterocycles. The van der Waals surface area contributed by atoms with Gasteiger partial charge in [0, 0.05) is 17.4 Å². The van der Waals surface area contributed by atoms with Crippen LogP contribution >= 0.6 is 11.8 Å². The molecule has 2 aliphatic heterocycles. The number of nitrogens with one attached hydrogen (secondary N) is 4. The first kappa shape index (κ1) is 16.3. The number of imidazole rings is 1. The Morgan fingerprint density at radius 1 is 1.28 bits per heavy atom. The van der Waals surface area contributed by atoms with Crippen LogP contribution in [0.1, 0.15) is 25.7 Å². The van der Waals surface area contributed by atoms with Crippen molar-refractivity contribution in [3.63, 3.8) is 0 Å². The zero-order chi connectivity index (χ0) is 17.2. The number of rotatable bonds is 6. The van der Waals surface area contributed by atoms with E-state index in [0.29, 0.717) is 17.6 Å². The van der Waals surface area contributed by atoms with Crippen molar-refractivity contribution < 1.29 is 9.59 Å². The number of nitrogens with zero attached hydrogens (tertiary/aromatic N) is 1. The largest absolute Gasteiger partial charge is 0.332 e. The number of carbonyl (C=O) groups excluding carboxylic acids is 2. The van der Waals surface area contributed by atoms with Crippen LogP contribution in [-0.2, 0) is 4.79 Å². The number of aromatic nitrogens is 2. The first-order valence-electron chi connectivity index (χ1n) is 8.62. The number of anilines is 1. The van der Waals surface area contributed by atoms with E-state index in [1.165, 1.54) is 0 Å². The van der Waals surface area contributed by atoms with Crippen LogP contribution < -0.4 is 16.0 Å². The molecule has 4 rings (SSSR count). The lowest BCUT2D eigenvalue weighted by Crippen LogP contribution is -2.36. The van der Waals surface area contributed by atoms with Crippen molar-refractivity contribution in [2.24, 2.45) is 0 Å². The van der Waals surface area contributed by atoms with Gasteiger partial charge in [0.1, 0.15) is 0 Å². The summed E-state index contributed by atoms with van der Waals surface area (Å²) in [7, 11) is 0. The van der Waals surface area contributed by atoms with E-state index in [9.17, 15) is 9.59 Å². The number of fused-ring (bicyclic) bond motifs is 2. The van der Waals surface area contributed by atoms with E-state index in [2.05, 4.69) is 25.9 Å². The average molecular weight is 359 g/mol. The first-order valence-corrected chi connectivity index (χ1v) is 9.67. The van der Waals surface area contributed by atoms with E-state index >= 15 is 0 Å². The summed E-state index contributed by atoms with van der Waals surface area (Å²) in [5, 5.41) is 9.22. The Morgan fingerprint density at radius 3 is 3.04 bits per heavy atom. The topological polar surface area (TPSA) is 98.9 Å². The van der Waals surface area contributed by atoms with Crippen LogP contribution in [0.4, 0.5) is 10.7 Å². The molecular weight excluding hydrogens is 338 g/mol. The lowest BCUT2D eigenvalue weighted by Gasteiger charge is -2.16. The second-order valence-electron chi connectivity index (χ2n) is 6.52. The predicted octanol–water partition coefficient (Wildman–Crippen LogP) is 2.23. The molecule has 1 aromatic carbocycles. The van der Waals surface area contributed by atoms with E-state index in [4.69, 9.17) is 0 Å². The summed E-state index contributed by atoms with van der Waals surface area (Å²) in [6, 6.07) is 8.14. The Hall–Kier alpha value is -2.22. The highest BCUT2D eigenvalue weighted by Crippen LogP contribution is 2.33. The van der Waals surface area contributed by atoms with Gasteiger partial charge >= 0.3 is 6.03 Å². The standard InChI is InChI=1S/C17H21N5O2S/c23-14(21-16-18-10-5-1-2-6-11(10)19-16)8-4-3-7-13-15-12(9-25-13)20-17(24)22-15/h1-2,5-6,12-13,15H,3-4,7-9H2,(H2,20,22,24)(H2,18,19,21,23)/t12-,13+,15+/m1/s1. The average Bonchev–Trinajstić information content (AvgIpc) is 3.25. The molecule has 4 N–H and O–H groups in total. The molecule has 0 spiro atoms. The fourth-order valence-corrected chi connectivity index (χ4v) is 5.02. The molecule has 25 heavy (non-hydrogen) atoms. The Morgan fingerprint density at radius 2 is 2.16 bits per heavy atom. The maximum Gasteiger partial charge on any atom is 0.315 e. The van der Waals surface area contributed by atoms with Gasteiger partial charge in [0.05, 0.1) is 23.1 Å². The van der Waals surface area contributed by atoms with E-state index in [1.54, 1.807) is 0 Å². The summed E-state index contributed by atoms with van der Waals surface area (Å²) in [5.74, 6) is 1.45. The minimum Gasteiger partial charge on any atom is -0.332 e. The second-order valence-corrected chi connectivity index (χ2v) is 7.79. The van der Waals surface area contributed by atoms with E-state index < -0.39 is 0 Å². The lowest BCUT2D eigenvalue weighted by molar-refractivity contribution is -0.116. The van der Waals surface area contributed by atoms with Gasteiger partial charge in [0.25, 0.3) is 0 Å². The molecule has 7 nitrogen and oxygen atoms in total. The van der Waals surface area contributed by atoms with Crippen molar-refractivity contribution in [1.82, 2.24) is 20.6 Å². The number of urea groups is 1. The third-order valence-corrected chi connectivity index (χ3v) is 6.24. The minimum absolute atomic E-state index is 0.0214. The van der Waals surface area contributed by atoms with Crippen molar-refractivity contribution in [2.75, 3.05) is 11.1 Å². The Bertz CT molecular complexity index is 759. The van der Waals surface area contributed by atoms with Gasteiger partial charge in [-0.25, -0.2) is 9.78 Å². The van der Waals surface area contributed by atoms with Crippen LogP contribution in [0.3, 0.4) is 0 Å². The van der Waals surface area contributed by atoms with Gasteiger partial charge in [-0.1, -0.05) is 18.6 Å². The summed E-state index contributed by atoms with van der Waals surface area (Å²) in [4.78, 5) is 30.9. The third-order valence-electron chi connectivity index (χ3n) is 4.73. The molecule has 3 atom stereocenters. The summed E-state index contributed by atoms with van der Waals surface area (Å²) >= 11 is 1.91. The number of amides is 3. The first-order chi connectivity index (χ1) is 12.2. The van der Waals surface area contributed by atoms with Gasteiger partial charge in [-0.3, -0.25) is 10.1 Å². The highest BCUT2D eigenvalue weighted by molar-refractivity contribution is 8.00. The summed E-state index contributed by atoms with van der Waals surface area (Å²) < 4.78 is 0. The maximum atomic E-state index is 12.1. The van der Waals surface area contributed by atoms with Gasteiger partial charge in [0.15, 0.2) is 0 Å². The lowest BCUT2D eigenvalue weighted by atomic mass is 10.0. The number of aromatic amines is 1. The molecule has 3 amide bonds. The maximum absolute atomic E-state index is 12.1. The van der Waals surface area contributed by atoms with Gasteiger partial charge in [-0.15, -0.1) is 0 Å². The predicted molar refractivity (Wildman–Crippen MR) is 98.7 cm³/mol. The molecule has 132 valence electrons. The van der Waals surface area contributed by atoms with Crippen molar-refractivity contribution in [3.05, 3.63) is 24.3 Å². The van der Waals surface area contributed by atoms with Gasteiger partial charge in [0.2, 0.25) is 11.9 Å². The fourth-order valence-electron chi connectivity index (χ4n) is 3.48. The summed E-state index contributed by atoms with van der Waals surface area (Å²) in [6.45, 7) is 0. The zero-order valence-electron chi connectivity index (χ0n) is 13.7. The Kier molecular flexibility index (Phi) is 4.52. The molecule has 0 aliphatic carbocycles. The van der Waals surface area contributed by atoms with Gasteiger partial charge < -0.3 is 15.6 Å². The highest BCUT2D eigenvalue weighted by Gasteiger charge is 2.42. The van der Waals surface area contributed by atoms with Crippen LogP contribution in [0.15, 0.2) is 24.3 Å². The number of thioether (sulfide) groups is 1. The number of carbonyl (C=O) groups is 2. The number of hydrogen-bond acceptors (Lipinski definition) is 4. The number of benzene rings is 1. The molecule has 3 heterocycles. The van der Waals surface area contributed by atoms with Gasteiger partial charge in [-0.2, -0.15) is 11.8 Å². The van der Waals surface area contributed by atoms with Crippen LogP contribution in [0.2, 0.25) is 0 Å². The van der Waals surface area contributed by atoms with E-state index in [1.807, 2.05) is 36.0 Å². The van der Waals surface area contributed by atoms with Crippen molar-refractivity contribution in [1.29, 1.82) is 0 Å². The van der Waals surface area contributed by atoms with Crippen LogP contribution in [0.5, 0.6) is 0 Å². The molecule has 2 aliphatic rings. The monoisotopic (exact) mass is 359 g/mol. The van der Waals surface area contributed by atoms with Crippen molar-refractivity contribution >= 4 is 40.7 Å². The molecular formula is C17H21N5O2S. The molecule has 2 aromatic rings. The second kappa shape index (κ2) is 6.95. The SMILES string of the molecule is O=C(CCCC[C@@H]1SC[C@H]2NC(=O)N[C@H]12)Nc1nc2ccccc2[nH]1. The van der Waals surface area contributed by atoms with Crippen LogP contribution in [-0.4, -0.2) is 45.0 Å². The number of hydrogen-bond donors (Lipinski definition) is 4. The zero-order valence-corrected chi connectivity index (χ0v) is 14.6. The highest BCUT2D eigenvalue weighted by atomic mass is 32.2. The van der Waals surface area contributed by atoms with E-state index in [-0.39, 0.29) is 24.0 Å². The number of H-pyrrole nitrogens is 1. The van der Waals surface area contributed by atoms with Crippen molar-refractivity contribution in [2.45, 2.75) is 43.0 Å². The Balaban J connectivity index is 1.20. The molecule has 0 radical (unpaired) electrons. The summed E-state index contributed by atoms with van der Waals surface area (Å²) in [5.41, 5.74) is 1.76. The number of unbranched alkanes of at least 4 members (excludes halogenated alkanes) is 1. The van der Waals surface area contributed by atoms with Crippen LogP contribution in [0, 0.1) is 0 Å². The summed E-state index contributed by atoms with van der Waals surface area (Å²) in [6.07, 6.45) is 3.31.